The first-order valence-corrected chi connectivity index (χ1v) is 9.61. The number of anilines is 1. The van der Waals surface area contributed by atoms with E-state index in [4.69, 9.17) is 4.74 Å². The first kappa shape index (κ1) is 18.9. The first-order valence-electron chi connectivity index (χ1n) is 8.62. The van der Waals surface area contributed by atoms with Gasteiger partial charge < -0.3 is 14.6 Å². The monoisotopic (exact) mass is 383 g/mol. The molecule has 0 aliphatic heterocycles. The third kappa shape index (κ3) is 5.07. The predicted molar refractivity (Wildman–Crippen MR) is 106 cm³/mol. The van der Waals surface area contributed by atoms with E-state index in [9.17, 15) is 4.79 Å². The fourth-order valence-corrected chi connectivity index (χ4v) is 3.09. The Kier molecular flexibility index (Phi) is 6.43. The number of benzene rings is 1. The van der Waals surface area contributed by atoms with Crippen molar-refractivity contribution >= 4 is 23.4 Å². The van der Waals surface area contributed by atoms with Gasteiger partial charge in [0, 0.05) is 30.7 Å². The van der Waals surface area contributed by atoms with Gasteiger partial charge in [-0.1, -0.05) is 18.7 Å². The summed E-state index contributed by atoms with van der Waals surface area (Å²) in [7, 11) is 1.88. The highest BCUT2D eigenvalue weighted by molar-refractivity contribution is 7.99. The number of aromatic nitrogens is 4. The third-order valence-corrected chi connectivity index (χ3v) is 4.74. The van der Waals surface area contributed by atoms with Gasteiger partial charge in [-0.2, -0.15) is 0 Å². The Labute approximate surface area is 162 Å². The van der Waals surface area contributed by atoms with E-state index in [1.165, 1.54) is 11.8 Å². The molecule has 7 nitrogen and oxygen atoms in total. The maximum absolute atomic E-state index is 12.2. The summed E-state index contributed by atoms with van der Waals surface area (Å²) in [5.41, 5.74) is 1.67. The number of thioether (sulfide) groups is 1. The largest absolute Gasteiger partial charge is 0.494 e. The molecule has 27 heavy (non-hydrogen) atoms. The molecule has 0 fully saturated rings. The van der Waals surface area contributed by atoms with Crippen LogP contribution in [0.25, 0.3) is 11.4 Å². The Bertz CT molecular complexity index is 881. The highest BCUT2D eigenvalue weighted by Crippen LogP contribution is 2.22. The van der Waals surface area contributed by atoms with Crippen molar-refractivity contribution in [3.8, 4) is 17.1 Å². The number of ether oxygens (including phenoxy) is 1. The molecule has 3 rings (SSSR count). The van der Waals surface area contributed by atoms with E-state index in [1.54, 1.807) is 12.4 Å². The number of carbonyl (C=O) groups excluding carboxylic acids is 1. The molecule has 2 aromatic heterocycles. The summed E-state index contributed by atoms with van der Waals surface area (Å²) in [6.45, 7) is 2.74. The van der Waals surface area contributed by atoms with Crippen LogP contribution in [0.1, 0.15) is 13.3 Å². The summed E-state index contributed by atoms with van der Waals surface area (Å²) in [4.78, 5) is 16.2. The number of rotatable bonds is 8. The smallest absolute Gasteiger partial charge is 0.234 e. The normalized spacial score (nSPS) is 10.6. The Morgan fingerprint density at radius 1 is 1.15 bits per heavy atom. The molecule has 0 bridgehead atoms. The molecule has 0 aliphatic rings. The lowest BCUT2D eigenvalue weighted by atomic mass is 10.2. The molecule has 1 N–H and O–H groups in total. The molecule has 0 spiro atoms. The standard InChI is InChI=1S/C19H21N5O2S/c1-3-12-26-16-6-4-15(5-7-16)21-17(25)13-27-19-23-22-18(24(19)2)14-8-10-20-11-9-14/h4-11H,3,12-13H2,1-2H3,(H,21,25). The molecule has 0 atom stereocenters. The molecule has 1 amide bonds. The van der Waals surface area contributed by atoms with Gasteiger partial charge in [0.1, 0.15) is 5.75 Å². The van der Waals surface area contributed by atoms with Crippen molar-refractivity contribution in [2.24, 2.45) is 7.05 Å². The number of pyridine rings is 1. The van der Waals surface area contributed by atoms with E-state index in [-0.39, 0.29) is 11.7 Å². The summed E-state index contributed by atoms with van der Waals surface area (Å²) in [6, 6.07) is 11.1. The first-order chi connectivity index (χ1) is 13.2. The Hall–Kier alpha value is -2.87. The lowest BCUT2D eigenvalue weighted by molar-refractivity contribution is -0.113. The average Bonchev–Trinajstić information content (AvgIpc) is 3.07. The molecular weight excluding hydrogens is 362 g/mol. The zero-order valence-corrected chi connectivity index (χ0v) is 16.1. The molecule has 2 heterocycles. The lowest BCUT2D eigenvalue weighted by Crippen LogP contribution is -2.14. The van der Waals surface area contributed by atoms with Gasteiger partial charge in [-0.05, 0) is 42.8 Å². The highest BCUT2D eigenvalue weighted by Gasteiger charge is 2.13. The van der Waals surface area contributed by atoms with Crippen LogP contribution in [0.3, 0.4) is 0 Å². The van der Waals surface area contributed by atoms with Crippen LogP contribution in [0.5, 0.6) is 5.75 Å². The van der Waals surface area contributed by atoms with Gasteiger partial charge in [-0.3, -0.25) is 9.78 Å². The maximum atomic E-state index is 12.2. The van der Waals surface area contributed by atoms with Gasteiger partial charge in [0.2, 0.25) is 5.91 Å². The minimum absolute atomic E-state index is 0.101. The van der Waals surface area contributed by atoms with Gasteiger partial charge in [0.25, 0.3) is 0 Å². The predicted octanol–water partition coefficient (Wildman–Crippen LogP) is 3.40. The van der Waals surface area contributed by atoms with E-state index in [0.29, 0.717) is 11.8 Å². The second-order valence-corrected chi connectivity index (χ2v) is 6.75. The fraction of sp³-hybridized carbons (Fsp3) is 0.263. The molecule has 0 saturated heterocycles. The van der Waals surface area contributed by atoms with E-state index in [2.05, 4.69) is 27.4 Å². The van der Waals surface area contributed by atoms with Crippen LogP contribution in [-0.4, -0.2) is 38.0 Å². The van der Waals surface area contributed by atoms with Crippen LogP contribution in [0, 0.1) is 0 Å². The quantitative estimate of drug-likeness (QED) is 0.601. The van der Waals surface area contributed by atoms with Gasteiger partial charge in [-0.15, -0.1) is 10.2 Å². The molecular formula is C19H21N5O2S. The number of nitrogens with zero attached hydrogens (tertiary/aromatic N) is 4. The zero-order chi connectivity index (χ0) is 19.1. The molecule has 0 unspecified atom stereocenters. The zero-order valence-electron chi connectivity index (χ0n) is 15.3. The molecule has 1 aromatic carbocycles. The van der Waals surface area contributed by atoms with E-state index in [1.807, 2.05) is 48.0 Å². The van der Waals surface area contributed by atoms with Crippen molar-refractivity contribution in [2.75, 3.05) is 17.7 Å². The van der Waals surface area contributed by atoms with Crippen LogP contribution >= 0.6 is 11.8 Å². The molecule has 140 valence electrons. The van der Waals surface area contributed by atoms with E-state index >= 15 is 0 Å². The Balaban J connectivity index is 1.54. The molecule has 0 saturated carbocycles. The minimum atomic E-state index is -0.101. The number of nitrogens with one attached hydrogen (secondary N) is 1. The third-order valence-electron chi connectivity index (χ3n) is 3.72. The van der Waals surface area contributed by atoms with Crippen molar-refractivity contribution in [1.82, 2.24) is 19.7 Å². The highest BCUT2D eigenvalue weighted by atomic mass is 32.2. The van der Waals surface area contributed by atoms with E-state index < -0.39 is 0 Å². The van der Waals surface area contributed by atoms with Gasteiger partial charge in [0.15, 0.2) is 11.0 Å². The van der Waals surface area contributed by atoms with Crippen molar-refractivity contribution in [1.29, 1.82) is 0 Å². The van der Waals surface area contributed by atoms with Crippen molar-refractivity contribution < 1.29 is 9.53 Å². The van der Waals surface area contributed by atoms with E-state index in [0.717, 1.165) is 29.2 Å². The van der Waals surface area contributed by atoms with Gasteiger partial charge in [0.05, 0.1) is 12.4 Å². The fourth-order valence-electron chi connectivity index (χ4n) is 2.37. The number of amides is 1. The van der Waals surface area contributed by atoms with Crippen molar-refractivity contribution in [3.63, 3.8) is 0 Å². The second-order valence-electron chi connectivity index (χ2n) is 5.81. The molecule has 3 aromatic rings. The average molecular weight is 383 g/mol. The summed E-state index contributed by atoms with van der Waals surface area (Å²) in [5, 5.41) is 11.9. The lowest BCUT2D eigenvalue weighted by Gasteiger charge is -2.08. The number of carbonyl (C=O) groups is 1. The van der Waals surface area contributed by atoms with Crippen LogP contribution in [-0.2, 0) is 11.8 Å². The SMILES string of the molecule is CCCOc1ccc(NC(=O)CSc2nnc(-c3ccncc3)n2C)cc1. The Morgan fingerprint density at radius 2 is 1.89 bits per heavy atom. The summed E-state index contributed by atoms with van der Waals surface area (Å²) >= 11 is 1.34. The van der Waals surface area contributed by atoms with Crippen LogP contribution in [0.2, 0.25) is 0 Å². The van der Waals surface area contributed by atoms with Gasteiger partial charge in [-0.25, -0.2) is 0 Å². The van der Waals surface area contributed by atoms with Crippen molar-refractivity contribution in [2.45, 2.75) is 18.5 Å². The molecule has 0 aliphatic carbocycles. The van der Waals surface area contributed by atoms with Crippen LogP contribution < -0.4 is 10.1 Å². The summed E-state index contributed by atoms with van der Waals surface area (Å²) < 4.78 is 7.40. The second kappa shape index (κ2) is 9.18. The maximum Gasteiger partial charge on any atom is 0.234 e. The van der Waals surface area contributed by atoms with Crippen molar-refractivity contribution in [3.05, 3.63) is 48.8 Å². The summed E-state index contributed by atoms with van der Waals surface area (Å²) in [6.07, 6.45) is 4.38. The number of hydrogen-bond donors (Lipinski definition) is 1. The molecule has 0 radical (unpaired) electrons. The number of hydrogen-bond acceptors (Lipinski definition) is 6. The summed E-state index contributed by atoms with van der Waals surface area (Å²) in [5.74, 6) is 1.68. The minimum Gasteiger partial charge on any atom is -0.494 e. The Morgan fingerprint density at radius 3 is 2.59 bits per heavy atom. The van der Waals surface area contributed by atoms with Crippen LogP contribution in [0.4, 0.5) is 5.69 Å². The topological polar surface area (TPSA) is 81.9 Å². The van der Waals surface area contributed by atoms with Gasteiger partial charge >= 0.3 is 0 Å². The molecule has 8 heteroatoms. The van der Waals surface area contributed by atoms with Crippen LogP contribution in [0.15, 0.2) is 53.9 Å².